The second kappa shape index (κ2) is 9.34. The number of benzene rings is 2. The summed E-state index contributed by atoms with van der Waals surface area (Å²) < 4.78 is 11.4. The van der Waals surface area contributed by atoms with E-state index in [1.54, 1.807) is 13.8 Å². The number of fused-ring (bicyclic) bond motifs is 1. The first-order chi connectivity index (χ1) is 14.6. The van der Waals surface area contributed by atoms with E-state index in [-0.39, 0.29) is 18.9 Å². The van der Waals surface area contributed by atoms with Crippen LogP contribution in [0.1, 0.15) is 39.7 Å². The molecule has 1 aliphatic rings. The Bertz CT molecular complexity index is 935. The van der Waals surface area contributed by atoms with Gasteiger partial charge in [0, 0.05) is 18.5 Å². The Labute approximate surface area is 183 Å². The first-order valence-electron chi connectivity index (χ1n) is 10.6. The van der Waals surface area contributed by atoms with Gasteiger partial charge in [-0.1, -0.05) is 56.3 Å². The lowest BCUT2D eigenvalue weighted by molar-refractivity contribution is -0.304. The highest BCUT2D eigenvalue weighted by atomic mass is 16.7. The fourth-order valence-corrected chi connectivity index (χ4v) is 3.62. The normalized spacial score (nSPS) is 20.7. The van der Waals surface area contributed by atoms with E-state index in [2.05, 4.69) is 10.6 Å². The molecule has 0 bridgehead atoms. The minimum atomic E-state index is -1.21. The number of rotatable bonds is 7. The molecule has 1 fully saturated rings. The lowest BCUT2D eigenvalue weighted by atomic mass is 9.85. The van der Waals surface area contributed by atoms with Gasteiger partial charge >= 0.3 is 0 Å². The Morgan fingerprint density at radius 3 is 2.58 bits per heavy atom. The molecule has 1 saturated heterocycles. The molecule has 0 aromatic heterocycles. The van der Waals surface area contributed by atoms with Gasteiger partial charge in [0.25, 0.3) is 0 Å². The summed E-state index contributed by atoms with van der Waals surface area (Å²) in [5.74, 6) is -1.57. The smallest absolute Gasteiger partial charge is 0.249 e. The Kier molecular flexibility index (Phi) is 6.99. The number of hydrogen-bond donors (Lipinski definition) is 3. The number of amides is 2. The number of carbonyl (C=O) groups excluding carboxylic acids is 2. The molecule has 2 aromatic rings. The van der Waals surface area contributed by atoms with E-state index >= 15 is 0 Å². The lowest BCUT2D eigenvalue weighted by Crippen LogP contribution is -2.56. The molecule has 1 aliphatic heterocycles. The van der Waals surface area contributed by atoms with Gasteiger partial charge in [-0.25, -0.2) is 0 Å². The molecule has 7 nitrogen and oxygen atoms in total. The Morgan fingerprint density at radius 2 is 1.81 bits per heavy atom. The van der Waals surface area contributed by atoms with Crippen LogP contribution in [0.3, 0.4) is 0 Å². The van der Waals surface area contributed by atoms with Crippen molar-refractivity contribution in [2.24, 2.45) is 5.41 Å². The van der Waals surface area contributed by atoms with Crippen LogP contribution in [0.25, 0.3) is 10.8 Å². The van der Waals surface area contributed by atoms with E-state index in [0.717, 1.165) is 16.3 Å². The van der Waals surface area contributed by atoms with Crippen LogP contribution in [0.4, 0.5) is 0 Å². The molecule has 1 unspecified atom stereocenters. The summed E-state index contributed by atoms with van der Waals surface area (Å²) in [5.41, 5.74) is 0.502. The lowest BCUT2D eigenvalue weighted by Gasteiger charge is -2.44. The van der Waals surface area contributed by atoms with Crippen molar-refractivity contribution in [3.63, 3.8) is 0 Å². The van der Waals surface area contributed by atoms with Gasteiger partial charge < -0.3 is 25.2 Å². The molecule has 2 atom stereocenters. The molecule has 31 heavy (non-hydrogen) atoms. The van der Waals surface area contributed by atoms with Crippen molar-refractivity contribution < 1.29 is 24.2 Å². The molecule has 7 heteroatoms. The van der Waals surface area contributed by atoms with E-state index in [1.807, 2.05) is 56.3 Å². The molecule has 2 amide bonds. The monoisotopic (exact) mass is 428 g/mol. The summed E-state index contributed by atoms with van der Waals surface area (Å²) >= 11 is 0. The Hall–Kier alpha value is -2.48. The minimum Gasteiger partial charge on any atom is -0.383 e. The number of aliphatic hydroxyl groups is 1. The van der Waals surface area contributed by atoms with Crippen molar-refractivity contribution in [3.8, 4) is 0 Å². The molecule has 0 spiro atoms. The summed E-state index contributed by atoms with van der Waals surface area (Å²) in [6, 6.07) is 13.9. The second-order valence-corrected chi connectivity index (χ2v) is 9.13. The number of carbonyl (C=O) groups is 2. The van der Waals surface area contributed by atoms with Crippen molar-refractivity contribution in [3.05, 3.63) is 48.0 Å². The first kappa shape index (κ1) is 23.2. The van der Waals surface area contributed by atoms with E-state index in [9.17, 15) is 14.7 Å². The molecule has 0 radical (unpaired) electrons. The van der Waals surface area contributed by atoms with Gasteiger partial charge in [0.05, 0.1) is 6.61 Å². The Balaban J connectivity index is 1.47. The van der Waals surface area contributed by atoms with Gasteiger partial charge in [-0.2, -0.15) is 0 Å². The number of ether oxygens (including phenoxy) is 2. The average molecular weight is 429 g/mol. The van der Waals surface area contributed by atoms with Crippen LogP contribution < -0.4 is 10.6 Å². The van der Waals surface area contributed by atoms with Crippen LogP contribution in [-0.4, -0.2) is 48.1 Å². The van der Waals surface area contributed by atoms with Crippen LogP contribution in [0.5, 0.6) is 0 Å². The van der Waals surface area contributed by atoms with Crippen molar-refractivity contribution in [1.29, 1.82) is 0 Å². The van der Waals surface area contributed by atoms with Crippen molar-refractivity contribution in [2.75, 3.05) is 13.2 Å². The quantitative estimate of drug-likeness (QED) is 0.630. The summed E-state index contributed by atoms with van der Waals surface area (Å²) in [5, 5.41) is 17.9. The third-order valence-electron chi connectivity index (χ3n) is 5.49. The molecule has 168 valence electrons. The first-order valence-corrected chi connectivity index (χ1v) is 10.6. The highest BCUT2D eigenvalue weighted by Crippen LogP contribution is 2.34. The van der Waals surface area contributed by atoms with Gasteiger partial charge in [0.1, 0.15) is 12.2 Å². The molecule has 1 heterocycles. The van der Waals surface area contributed by atoms with Gasteiger partial charge in [-0.05, 0) is 36.6 Å². The molecule has 0 saturated carbocycles. The van der Waals surface area contributed by atoms with Crippen LogP contribution in [0, 0.1) is 5.41 Å². The molecule has 3 N–H and O–H groups in total. The molecule has 0 aliphatic carbocycles. The summed E-state index contributed by atoms with van der Waals surface area (Å²) in [4.78, 5) is 24.9. The van der Waals surface area contributed by atoms with Crippen LogP contribution >= 0.6 is 0 Å². The SMILES string of the molecule is CC1(C)OCC(C)(C)[C@H](C(=O)NCCC(O)C(=O)NCc2cccc3ccccc23)O1. The maximum atomic E-state index is 12.6. The van der Waals surface area contributed by atoms with E-state index in [0.29, 0.717) is 13.2 Å². The maximum absolute atomic E-state index is 12.6. The van der Waals surface area contributed by atoms with Gasteiger partial charge in [0.15, 0.2) is 5.79 Å². The minimum absolute atomic E-state index is 0.111. The third-order valence-corrected chi connectivity index (χ3v) is 5.49. The number of nitrogens with one attached hydrogen (secondary N) is 2. The van der Waals surface area contributed by atoms with Gasteiger partial charge in [0.2, 0.25) is 11.8 Å². The number of hydrogen-bond acceptors (Lipinski definition) is 5. The summed E-state index contributed by atoms with van der Waals surface area (Å²) in [6.45, 7) is 8.24. The summed E-state index contributed by atoms with van der Waals surface area (Å²) in [7, 11) is 0. The third kappa shape index (κ3) is 5.81. The highest BCUT2D eigenvalue weighted by Gasteiger charge is 2.45. The standard InChI is InChI=1S/C24H32N2O5/c1-23(2)15-30-24(3,4)31-20(23)22(29)25-13-12-19(27)21(28)26-14-17-10-7-9-16-8-5-6-11-18(16)17/h5-11,19-20,27H,12-15H2,1-4H3,(H,25,29)(H,26,28)/t19?,20-/m0/s1. The zero-order valence-corrected chi connectivity index (χ0v) is 18.6. The fraction of sp³-hybridized carbons (Fsp3) is 0.500. The van der Waals surface area contributed by atoms with Crippen LogP contribution in [0.15, 0.2) is 42.5 Å². The largest absolute Gasteiger partial charge is 0.383 e. The zero-order valence-electron chi connectivity index (χ0n) is 18.6. The average Bonchev–Trinajstić information content (AvgIpc) is 2.73. The second-order valence-electron chi connectivity index (χ2n) is 9.13. The maximum Gasteiger partial charge on any atom is 0.249 e. The molecular weight excluding hydrogens is 396 g/mol. The Morgan fingerprint density at radius 1 is 1.10 bits per heavy atom. The van der Waals surface area contributed by atoms with Crippen LogP contribution in [-0.2, 0) is 25.6 Å². The van der Waals surface area contributed by atoms with Gasteiger partial charge in [-0.15, -0.1) is 0 Å². The predicted molar refractivity (Wildman–Crippen MR) is 118 cm³/mol. The molecule has 2 aromatic carbocycles. The van der Waals surface area contributed by atoms with E-state index < -0.39 is 29.3 Å². The van der Waals surface area contributed by atoms with Crippen molar-refractivity contribution in [1.82, 2.24) is 10.6 Å². The summed E-state index contributed by atoms with van der Waals surface area (Å²) in [6.07, 6.45) is -1.77. The van der Waals surface area contributed by atoms with Crippen molar-refractivity contribution in [2.45, 2.75) is 58.7 Å². The van der Waals surface area contributed by atoms with E-state index in [4.69, 9.17) is 9.47 Å². The molecular formula is C24H32N2O5. The predicted octanol–water partition coefficient (Wildman–Crippen LogP) is 2.50. The van der Waals surface area contributed by atoms with Crippen molar-refractivity contribution >= 4 is 22.6 Å². The van der Waals surface area contributed by atoms with Crippen LogP contribution in [0.2, 0.25) is 0 Å². The topological polar surface area (TPSA) is 96.9 Å². The number of aliphatic hydroxyl groups excluding tert-OH is 1. The zero-order chi connectivity index (χ0) is 22.6. The van der Waals surface area contributed by atoms with E-state index in [1.165, 1.54) is 0 Å². The van der Waals surface area contributed by atoms with Gasteiger partial charge in [-0.3, -0.25) is 9.59 Å². The highest BCUT2D eigenvalue weighted by molar-refractivity contribution is 5.86. The fourth-order valence-electron chi connectivity index (χ4n) is 3.62. The molecule has 3 rings (SSSR count).